The molecule has 1 amide bonds. The molecule has 18 heavy (non-hydrogen) atoms. The average Bonchev–Trinajstić information content (AvgIpc) is 2.33. The van der Waals surface area contributed by atoms with E-state index in [9.17, 15) is 4.79 Å². The number of aromatic nitrogens is 1. The zero-order chi connectivity index (χ0) is 12.8. The Morgan fingerprint density at radius 2 is 1.89 bits per heavy atom. The van der Waals surface area contributed by atoms with E-state index in [1.54, 1.807) is 12.3 Å². The summed E-state index contributed by atoms with van der Waals surface area (Å²) in [6.07, 6.45) is 10.6. The first-order valence-electron chi connectivity index (χ1n) is 6.78. The predicted octanol–water partition coefficient (Wildman–Crippen LogP) is 2.71. The fraction of sp³-hybridized carbons (Fsp3) is 0.571. The number of carbonyl (C=O) groups is 1. The van der Waals surface area contributed by atoms with Gasteiger partial charge in [-0.25, -0.2) is 0 Å². The van der Waals surface area contributed by atoms with Gasteiger partial charge >= 0.3 is 0 Å². The summed E-state index contributed by atoms with van der Waals surface area (Å²) in [5.41, 5.74) is 6.51. The van der Waals surface area contributed by atoms with Crippen LogP contribution in [0.4, 0.5) is 5.69 Å². The van der Waals surface area contributed by atoms with E-state index in [2.05, 4.69) is 10.3 Å². The van der Waals surface area contributed by atoms with Gasteiger partial charge in [-0.15, -0.1) is 0 Å². The molecule has 3 N–H and O–H groups in total. The highest BCUT2D eigenvalue weighted by atomic mass is 16.1. The van der Waals surface area contributed by atoms with Gasteiger partial charge in [-0.2, -0.15) is 0 Å². The van der Waals surface area contributed by atoms with Crippen molar-refractivity contribution in [1.29, 1.82) is 0 Å². The van der Waals surface area contributed by atoms with Crippen LogP contribution in [-0.2, 0) is 0 Å². The van der Waals surface area contributed by atoms with E-state index >= 15 is 0 Å². The average molecular weight is 247 g/mol. The van der Waals surface area contributed by atoms with Gasteiger partial charge < -0.3 is 11.1 Å². The highest BCUT2D eigenvalue weighted by molar-refractivity contribution is 5.91. The molecule has 0 spiro atoms. The Kier molecular flexibility index (Phi) is 4.56. The molecule has 0 aliphatic heterocycles. The molecule has 1 aromatic heterocycles. The van der Waals surface area contributed by atoms with Crippen LogP contribution >= 0.6 is 0 Å². The third-order valence-corrected chi connectivity index (χ3v) is 3.49. The molecule has 98 valence electrons. The highest BCUT2D eigenvalue weighted by Gasteiger charge is 2.11. The van der Waals surface area contributed by atoms with Gasteiger partial charge in [-0.05, 0) is 25.0 Å². The summed E-state index contributed by atoms with van der Waals surface area (Å²) in [7, 11) is 0. The topological polar surface area (TPSA) is 68.0 Å². The number of carbonyl (C=O) groups excluding carboxylic acids is 1. The van der Waals surface area contributed by atoms with Gasteiger partial charge in [-0.3, -0.25) is 9.78 Å². The highest BCUT2D eigenvalue weighted by Crippen LogP contribution is 2.20. The van der Waals surface area contributed by atoms with E-state index in [4.69, 9.17) is 5.73 Å². The standard InChI is InChI=1S/C14H21N3O/c15-14(18)13-10-12(8-9-16-13)17-11-6-4-2-1-3-5-7-11/h8-11H,1-7H2,(H2,15,18)(H,16,17). The Bertz CT molecular complexity index is 398. The van der Waals surface area contributed by atoms with Gasteiger partial charge in [0, 0.05) is 17.9 Å². The van der Waals surface area contributed by atoms with Crippen molar-refractivity contribution in [3.8, 4) is 0 Å². The summed E-state index contributed by atoms with van der Waals surface area (Å²) in [5, 5.41) is 3.50. The summed E-state index contributed by atoms with van der Waals surface area (Å²) in [6.45, 7) is 0. The van der Waals surface area contributed by atoms with E-state index in [-0.39, 0.29) is 0 Å². The van der Waals surface area contributed by atoms with Crippen LogP contribution in [0.1, 0.15) is 55.4 Å². The zero-order valence-corrected chi connectivity index (χ0v) is 10.7. The van der Waals surface area contributed by atoms with Crippen LogP contribution in [0.5, 0.6) is 0 Å². The minimum atomic E-state index is -0.476. The molecular formula is C14H21N3O. The number of primary amides is 1. The molecule has 1 fully saturated rings. The number of rotatable bonds is 3. The molecule has 0 aromatic carbocycles. The van der Waals surface area contributed by atoms with Crippen molar-refractivity contribution in [2.75, 3.05) is 5.32 Å². The fourth-order valence-corrected chi connectivity index (χ4v) is 2.49. The number of hydrogen-bond donors (Lipinski definition) is 2. The van der Waals surface area contributed by atoms with Crippen LogP contribution in [0.25, 0.3) is 0 Å². The molecule has 4 nitrogen and oxygen atoms in total. The molecule has 0 atom stereocenters. The summed E-state index contributed by atoms with van der Waals surface area (Å²) < 4.78 is 0. The molecule has 0 bridgehead atoms. The Morgan fingerprint density at radius 3 is 2.56 bits per heavy atom. The Hall–Kier alpha value is -1.58. The maximum absolute atomic E-state index is 11.1. The zero-order valence-electron chi connectivity index (χ0n) is 10.7. The number of hydrogen-bond acceptors (Lipinski definition) is 3. The number of nitrogens with one attached hydrogen (secondary N) is 1. The third kappa shape index (κ3) is 3.72. The van der Waals surface area contributed by atoms with Crippen molar-refractivity contribution in [1.82, 2.24) is 4.98 Å². The van der Waals surface area contributed by atoms with Gasteiger partial charge in [0.15, 0.2) is 0 Å². The first-order chi connectivity index (χ1) is 8.75. The third-order valence-electron chi connectivity index (χ3n) is 3.49. The lowest BCUT2D eigenvalue weighted by Gasteiger charge is -2.22. The molecule has 1 aliphatic carbocycles. The van der Waals surface area contributed by atoms with Crippen LogP contribution < -0.4 is 11.1 Å². The molecular weight excluding hydrogens is 226 g/mol. The molecule has 1 saturated carbocycles. The van der Waals surface area contributed by atoms with Gasteiger partial charge in [0.05, 0.1) is 0 Å². The van der Waals surface area contributed by atoms with E-state index in [0.717, 1.165) is 5.69 Å². The van der Waals surface area contributed by atoms with Crippen molar-refractivity contribution in [3.63, 3.8) is 0 Å². The maximum atomic E-state index is 11.1. The molecule has 2 rings (SSSR count). The van der Waals surface area contributed by atoms with Crippen LogP contribution in [0.15, 0.2) is 18.3 Å². The SMILES string of the molecule is NC(=O)c1cc(NC2CCCCCCC2)ccn1. The monoisotopic (exact) mass is 247 g/mol. The van der Waals surface area contributed by atoms with Crippen molar-refractivity contribution >= 4 is 11.6 Å². The van der Waals surface area contributed by atoms with Crippen LogP contribution in [0, 0.1) is 0 Å². The number of pyridine rings is 1. The summed E-state index contributed by atoms with van der Waals surface area (Å²) in [5.74, 6) is -0.476. The van der Waals surface area contributed by atoms with Crippen molar-refractivity contribution in [2.24, 2.45) is 5.73 Å². The van der Waals surface area contributed by atoms with Crippen molar-refractivity contribution < 1.29 is 4.79 Å². The maximum Gasteiger partial charge on any atom is 0.267 e. The van der Waals surface area contributed by atoms with Crippen molar-refractivity contribution in [2.45, 2.75) is 51.0 Å². The molecule has 0 unspecified atom stereocenters. The number of nitrogens with two attached hydrogens (primary N) is 1. The minimum absolute atomic E-state index is 0.325. The lowest BCUT2D eigenvalue weighted by Crippen LogP contribution is -2.21. The molecule has 1 aliphatic rings. The van der Waals surface area contributed by atoms with E-state index < -0.39 is 5.91 Å². The second kappa shape index (κ2) is 6.38. The summed E-state index contributed by atoms with van der Waals surface area (Å²) in [4.78, 5) is 15.0. The normalized spacial score (nSPS) is 17.8. The Balaban J connectivity index is 1.98. The van der Waals surface area contributed by atoms with E-state index in [1.807, 2.05) is 6.07 Å². The molecule has 0 radical (unpaired) electrons. The van der Waals surface area contributed by atoms with Gasteiger partial charge in [0.2, 0.25) is 0 Å². The lowest BCUT2D eigenvalue weighted by atomic mass is 9.96. The summed E-state index contributed by atoms with van der Waals surface area (Å²) >= 11 is 0. The first-order valence-corrected chi connectivity index (χ1v) is 6.78. The van der Waals surface area contributed by atoms with E-state index in [0.29, 0.717) is 11.7 Å². The second-order valence-electron chi connectivity index (χ2n) is 4.98. The Morgan fingerprint density at radius 1 is 1.22 bits per heavy atom. The largest absolute Gasteiger partial charge is 0.382 e. The van der Waals surface area contributed by atoms with Gasteiger partial charge in [0.1, 0.15) is 5.69 Å². The minimum Gasteiger partial charge on any atom is -0.382 e. The number of anilines is 1. The quantitative estimate of drug-likeness (QED) is 0.863. The lowest BCUT2D eigenvalue weighted by molar-refractivity contribution is 0.0995. The Labute approximate surface area is 108 Å². The van der Waals surface area contributed by atoms with Crippen molar-refractivity contribution in [3.05, 3.63) is 24.0 Å². The second-order valence-corrected chi connectivity index (χ2v) is 4.98. The molecule has 1 aromatic rings. The first kappa shape index (κ1) is 12.9. The summed E-state index contributed by atoms with van der Waals surface area (Å²) in [6, 6.07) is 4.14. The van der Waals surface area contributed by atoms with Crippen LogP contribution in [0.3, 0.4) is 0 Å². The molecule has 4 heteroatoms. The molecule has 1 heterocycles. The van der Waals surface area contributed by atoms with E-state index in [1.165, 1.54) is 44.9 Å². The fourth-order valence-electron chi connectivity index (χ4n) is 2.49. The van der Waals surface area contributed by atoms with Gasteiger partial charge in [0.25, 0.3) is 5.91 Å². The van der Waals surface area contributed by atoms with Gasteiger partial charge in [-0.1, -0.05) is 32.1 Å². The molecule has 0 saturated heterocycles. The number of nitrogens with zero attached hydrogens (tertiary/aromatic N) is 1. The number of amides is 1. The predicted molar refractivity (Wildman–Crippen MR) is 72.5 cm³/mol. The van der Waals surface area contributed by atoms with Crippen LogP contribution in [0.2, 0.25) is 0 Å². The van der Waals surface area contributed by atoms with Crippen LogP contribution in [-0.4, -0.2) is 16.9 Å². The smallest absolute Gasteiger partial charge is 0.267 e.